The normalized spacial score (nSPS) is 17.5. The number of hydrogen-bond donors (Lipinski definition) is 2. The Hall–Kier alpha value is -1.49. The highest BCUT2D eigenvalue weighted by Crippen LogP contribution is 2.48. The average molecular weight is 269 g/mol. The van der Waals surface area contributed by atoms with E-state index in [1.165, 1.54) is 14.2 Å². The molecule has 0 atom stereocenters. The zero-order valence-corrected chi connectivity index (χ0v) is 11.3. The van der Waals surface area contributed by atoms with Crippen molar-refractivity contribution in [3.8, 4) is 17.2 Å². The van der Waals surface area contributed by atoms with E-state index in [1.54, 1.807) is 6.07 Å². The van der Waals surface area contributed by atoms with E-state index >= 15 is 0 Å². The highest BCUT2D eigenvalue weighted by Gasteiger charge is 2.38. The van der Waals surface area contributed by atoms with Gasteiger partial charge in [-0.3, -0.25) is 0 Å². The van der Waals surface area contributed by atoms with Gasteiger partial charge in [-0.15, -0.1) is 0 Å². The molecular formula is C14H20FNO3. The van der Waals surface area contributed by atoms with Crippen molar-refractivity contribution in [3.63, 3.8) is 0 Å². The molecule has 0 heterocycles. The number of ether oxygens (including phenoxy) is 2. The van der Waals surface area contributed by atoms with Crippen LogP contribution in [0.2, 0.25) is 0 Å². The van der Waals surface area contributed by atoms with Gasteiger partial charge in [0.05, 0.1) is 14.2 Å². The molecule has 0 bridgehead atoms. The van der Waals surface area contributed by atoms with Crippen LogP contribution in [-0.2, 0) is 5.41 Å². The highest BCUT2D eigenvalue weighted by atomic mass is 19.1. The largest absolute Gasteiger partial charge is 0.505 e. The summed E-state index contributed by atoms with van der Waals surface area (Å²) in [7, 11) is 2.79. The number of aromatic hydroxyl groups is 1. The molecule has 0 unspecified atom stereocenters. The molecule has 1 aliphatic rings. The third kappa shape index (κ3) is 2.12. The molecule has 19 heavy (non-hydrogen) atoms. The van der Waals surface area contributed by atoms with Gasteiger partial charge >= 0.3 is 0 Å². The van der Waals surface area contributed by atoms with Gasteiger partial charge in [0.15, 0.2) is 11.5 Å². The number of phenolic OH excluding ortho intramolecular Hbond substituents is 1. The zero-order chi connectivity index (χ0) is 14.0. The van der Waals surface area contributed by atoms with E-state index in [4.69, 9.17) is 15.2 Å². The molecule has 0 spiro atoms. The average Bonchev–Trinajstić information content (AvgIpc) is 2.91. The summed E-state index contributed by atoms with van der Waals surface area (Å²) in [6, 6.07) is 1.65. The molecule has 1 fully saturated rings. The fourth-order valence-electron chi connectivity index (χ4n) is 2.98. The molecule has 0 saturated heterocycles. The first-order chi connectivity index (χ1) is 9.09. The van der Waals surface area contributed by atoms with Crippen LogP contribution in [0.3, 0.4) is 0 Å². The summed E-state index contributed by atoms with van der Waals surface area (Å²) in [4.78, 5) is 0. The maximum atomic E-state index is 14.2. The lowest BCUT2D eigenvalue weighted by molar-refractivity contribution is 0.316. The summed E-state index contributed by atoms with van der Waals surface area (Å²) in [5.74, 6) is -0.942. The van der Waals surface area contributed by atoms with Crippen molar-refractivity contribution in [1.82, 2.24) is 0 Å². The van der Waals surface area contributed by atoms with E-state index < -0.39 is 5.82 Å². The summed E-state index contributed by atoms with van der Waals surface area (Å²) in [6.45, 7) is 0.384. The summed E-state index contributed by atoms with van der Waals surface area (Å²) in [6.07, 6.45) is 3.77. The van der Waals surface area contributed by atoms with Crippen molar-refractivity contribution in [2.75, 3.05) is 20.8 Å². The Bertz CT molecular complexity index is 470. The van der Waals surface area contributed by atoms with E-state index in [0.717, 1.165) is 25.7 Å². The molecule has 3 N–H and O–H groups in total. The molecular weight excluding hydrogens is 249 g/mol. The molecule has 2 rings (SSSR count). The summed E-state index contributed by atoms with van der Waals surface area (Å²) in [5.41, 5.74) is 6.05. The van der Waals surface area contributed by atoms with E-state index in [2.05, 4.69) is 0 Å². The molecule has 5 heteroatoms. The maximum Gasteiger partial charge on any atom is 0.210 e. The van der Waals surface area contributed by atoms with Crippen molar-refractivity contribution in [2.24, 2.45) is 5.73 Å². The molecule has 0 aliphatic heterocycles. The second-order valence-electron chi connectivity index (χ2n) is 5.01. The van der Waals surface area contributed by atoms with E-state index in [0.29, 0.717) is 12.1 Å². The Morgan fingerprint density at radius 2 is 1.95 bits per heavy atom. The van der Waals surface area contributed by atoms with Crippen molar-refractivity contribution >= 4 is 0 Å². The van der Waals surface area contributed by atoms with Crippen LogP contribution in [0.25, 0.3) is 0 Å². The second-order valence-corrected chi connectivity index (χ2v) is 5.01. The summed E-state index contributed by atoms with van der Waals surface area (Å²) in [5, 5.41) is 10.1. The monoisotopic (exact) mass is 269 g/mol. The fourth-order valence-corrected chi connectivity index (χ4v) is 2.98. The minimum Gasteiger partial charge on any atom is -0.505 e. The van der Waals surface area contributed by atoms with Crippen LogP contribution in [0.15, 0.2) is 6.07 Å². The number of benzene rings is 1. The van der Waals surface area contributed by atoms with E-state index in [9.17, 15) is 9.50 Å². The van der Waals surface area contributed by atoms with Gasteiger partial charge in [0, 0.05) is 17.5 Å². The number of rotatable bonds is 4. The number of nitrogens with two attached hydrogens (primary N) is 1. The van der Waals surface area contributed by atoms with Gasteiger partial charge in [-0.05, 0) is 18.9 Å². The van der Waals surface area contributed by atoms with Crippen LogP contribution in [-0.4, -0.2) is 25.9 Å². The Kier molecular flexibility index (Phi) is 3.85. The topological polar surface area (TPSA) is 64.7 Å². The standard InChI is InChI=1S/C14H20FNO3/c1-18-10-7-9(12(17)11(15)13(10)19-2)14(8-16)5-3-4-6-14/h7,17H,3-6,8,16H2,1-2H3. The molecule has 4 nitrogen and oxygen atoms in total. The number of methoxy groups -OCH3 is 2. The quantitative estimate of drug-likeness (QED) is 0.880. The number of phenols is 1. The SMILES string of the molecule is COc1cc(C2(CN)CCCC2)c(O)c(F)c1OC. The van der Waals surface area contributed by atoms with Crippen LogP contribution in [0.5, 0.6) is 17.2 Å². The maximum absolute atomic E-state index is 14.2. The molecule has 1 aromatic rings. The van der Waals surface area contributed by atoms with Crippen LogP contribution >= 0.6 is 0 Å². The van der Waals surface area contributed by atoms with E-state index in [-0.39, 0.29) is 22.7 Å². The number of halogens is 1. The highest BCUT2D eigenvalue weighted by molar-refractivity contribution is 5.54. The first-order valence-corrected chi connectivity index (χ1v) is 6.43. The lowest BCUT2D eigenvalue weighted by atomic mass is 9.78. The molecule has 0 amide bonds. The molecule has 0 aromatic heterocycles. The van der Waals surface area contributed by atoms with Gasteiger partial charge < -0.3 is 20.3 Å². The van der Waals surface area contributed by atoms with Crippen LogP contribution < -0.4 is 15.2 Å². The van der Waals surface area contributed by atoms with Gasteiger partial charge in [0.1, 0.15) is 0 Å². The van der Waals surface area contributed by atoms with Crippen LogP contribution in [0, 0.1) is 5.82 Å². The second kappa shape index (κ2) is 5.25. The van der Waals surface area contributed by atoms with Crippen LogP contribution in [0.4, 0.5) is 4.39 Å². The first-order valence-electron chi connectivity index (χ1n) is 6.43. The fraction of sp³-hybridized carbons (Fsp3) is 0.571. The van der Waals surface area contributed by atoms with Crippen molar-refractivity contribution in [1.29, 1.82) is 0 Å². The molecule has 0 radical (unpaired) electrons. The lowest BCUT2D eigenvalue weighted by Gasteiger charge is -2.29. The Labute approximate surface area is 112 Å². The minimum atomic E-state index is -0.781. The van der Waals surface area contributed by atoms with Gasteiger partial charge in [0.25, 0.3) is 0 Å². The van der Waals surface area contributed by atoms with Crippen LogP contribution in [0.1, 0.15) is 31.2 Å². The van der Waals surface area contributed by atoms with Crippen molar-refractivity contribution in [3.05, 3.63) is 17.4 Å². The molecule has 106 valence electrons. The molecule has 1 saturated carbocycles. The molecule has 1 aromatic carbocycles. The number of hydrogen-bond acceptors (Lipinski definition) is 4. The van der Waals surface area contributed by atoms with Gasteiger partial charge in [0.2, 0.25) is 11.6 Å². The predicted molar refractivity (Wildman–Crippen MR) is 70.4 cm³/mol. The third-order valence-electron chi connectivity index (χ3n) is 4.11. The molecule has 1 aliphatic carbocycles. The Balaban J connectivity index is 2.60. The van der Waals surface area contributed by atoms with E-state index in [1.807, 2.05) is 0 Å². The Morgan fingerprint density at radius 3 is 2.42 bits per heavy atom. The summed E-state index contributed by atoms with van der Waals surface area (Å²) >= 11 is 0. The van der Waals surface area contributed by atoms with Crippen molar-refractivity contribution < 1.29 is 19.0 Å². The first kappa shape index (κ1) is 13.9. The summed E-state index contributed by atoms with van der Waals surface area (Å²) < 4.78 is 24.3. The Morgan fingerprint density at radius 1 is 1.32 bits per heavy atom. The van der Waals surface area contributed by atoms with Gasteiger partial charge in [-0.25, -0.2) is 0 Å². The lowest BCUT2D eigenvalue weighted by Crippen LogP contribution is -2.32. The predicted octanol–water partition coefficient (Wildman–Crippen LogP) is 2.32. The zero-order valence-electron chi connectivity index (χ0n) is 11.3. The smallest absolute Gasteiger partial charge is 0.210 e. The van der Waals surface area contributed by atoms with Crippen molar-refractivity contribution in [2.45, 2.75) is 31.1 Å². The third-order valence-corrected chi connectivity index (χ3v) is 4.11. The van der Waals surface area contributed by atoms with Gasteiger partial charge in [-0.2, -0.15) is 4.39 Å². The minimum absolute atomic E-state index is 0.0751. The van der Waals surface area contributed by atoms with Gasteiger partial charge in [-0.1, -0.05) is 12.8 Å².